The van der Waals surface area contributed by atoms with Crippen LogP contribution < -0.4 is 5.32 Å². The van der Waals surface area contributed by atoms with Crippen LogP contribution in [0, 0.1) is 0 Å². The molecule has 2 saturated heterocycles. The van der Waals surface area contributed by atoms with Crippen LogP contribution in [0.2, 0.25) is 0 Å². The molecule has 1 N–H and O–H groups in total. The first-order valence-electron chi connectivity index (χ1n) is 8.48. The average Bonchev–Trinajstić information content (AvgIpc) is 3.05. The monoisotopic (exact) mass is 379 g/mol. The van der Waals surface area contributed by atoms with E-state index in [0.29, 0.717) is 6.04 Å². The van der Waals surface area contributed by atoms with E-state index in [4.69, 9.17) is 0 Å². The fourth-order valence-electron chi connectivity index (χ4n) is 3.66. The number of benzene rings is 1. The van der Waals surface area contributed by atoms with Gasteiger partial charge >= 0.3 is 0 Å². The van der Waals surface area contributed by atoms with E-state index in [-0.39, 0.29) is 5.91 Å². The van der Waals surface area contributed by atoms with Gasteiger partial charge in [0, 0.05) is 49.8 Å². The molecule has 0 aromatic heterocycles. The lowest BCUT2D eigenvalue weighted by Crippen LogP contribution is -2.50. The van der Waals surface area contributed by atoms with Gasteiger partial charge in [0.05, 0.1) is 5.41 Å². The van der Waals surface area contributed by atoms with Gasteiger partial charge in [-0.2, -0.15) is 0 Å². The molecule has 1 aromatic rings. The van der Waals surface area contributed by atoms with Crippen LogP contribution in [0.4, 0.5) is 0 Å². The van der Waals surface area contributed by atoms with E-state index in [1.54, 1.807) is 0 Å². The predicted molar refractivity (Wildman–Crippen MR) is 96.6 cm³/mol. The van der Waals surface area contributed by atoms with Crippen LogP contribution in [-0.4, -0.2) is 61.0 Å². The maximum Gasteiger partial charge on any atom is 0.232 e. The van der Waals surface area contributed by atoms with Crippen LogP contribution in [-0.2, 0) is 10.2 Å². The number of rotatable bonds is 3. The molecule has 2 aliphatic rings. The summed E-state index contributed by atoms with van der Waals surface area (Å²) in [7, 11) is 0. The smallest absolute Gasteiger partial charge is 0.232 e. The first-order valence-corrected chi connectivity index (χ1v) is 9.28. The van der Waals surface area contributed by atoms with E-state index in [1.807, 2.05) is 38.1 Å². The number of amides is 1. The molecule has 3 rings (SSSR count). The molecule has 2 aliphatic heterocycles. The highest BCUT2D eigenvalue weighted by molar-refractivity contribution is 9.10. The molecule has 23 heavy (non-hydrogen) atoms. The number of carbonyl (C=O) groups excluding carboxylic acids is 1. The number of hydrogen-bond acceptors (Lipinski definition) is 3. The Labute approximate surface area is 147 Å². The number of hydrogen-bond donors (Lipinski definition) is 1. The highest BCUT2D eigenvalue weighted by atomic mass is 79.9. The van der Waals surface area contributed by atoms with Gasteiger partial charge in [-0.1, -0.05) is 28.1 Å². The molecule has 2 heterocycles. The van der Waals surface area contributed by atoms with E-state index in [2.05, 4.69) is 31.0 Å². The van der Waals surface area contributed by atoms with Crippen molar-refractivity contribution in [3.63, 3.8) is 0 Å². The van der Waals surface area contributed by atoms with Crippen molar-refractivity contribution in [2.75, 3.05) is 39.3 Å². The number of likely N-dealkylation sites (tertiary alicyclic amines) is 1. The molecule has 2 fully saturated rings. The van der Waals surface area contributed by atoms with E-state index in [1.165, 1.54) is 0 Å². The van der Waals surface area contributed by atoms with Crippen LogP contribution in [0.3, 0.4) is 0 Å². The summed E-state index contributed by atoms with van der Waals surface area (Å²) in [6.45, 7) is 10.2. The second-order valence-electron chi connectivity index (χ2n) is 7.11. The summed E-state index contributed by atoms with van der Waals surface area (Å²) in [5.41, 5.74) is 0.607. The minimum absolute atomic E-state index is 0.248. The summed E-state index contributed by atoms with van der Waals surface area (Å²) < 4.78 is 1.05. The fourth-order valence-corrected chi connectivity index (χ4v) is 3.92. The lowest BCUT2D eigenvalue weighted by molar-refractivity contribution is -0.135. The van der Waals surface area contributed by atoms with Crippen LogP contribution in [0.5, 0.6) is 0 Å². The van der Waals surface area contributed by atoms with Gasteiger partial charge in [-0.15, -0.1) is 0 Å². The number of nitrogens with one attached hydrogen (secondary N) is 1. The summed E-state index contributed by atoms with van der Waals surface area (Å²) in [5, 5.41) is 3.40. The number of piperazine rings is 1. The molecular weight excluding hydrogens is 354 g/mol. The first kappa shape index (κ1) is 16.9. The van der Waals surface area contributed by atoms with Crippen molar-refractivity contribution < 1.29 is 4.79 Å². The maximum absolute atomic E-state index is 13.1. The Hall–Kier alpha value is -0.910. The topological polar surface area (TPSA) is 35.6 Å². The standard InChI is InChI=1S/C18H26BrN3O/c1-18(2,14-3-5-15(19)6-4-14)17(23)22-10-7-16(13-22)21-11-8-20-9-12-21/h3-6,16,20H,7-13H2,1-2H3. The molecule has 0 saturated carbocycles. The summed E-state index contributed by atoms with van der Waals surface area (Å²) >= 11 is 3.46. The van der Waals surface area contributed by atoms with Crippen molar-refractivity contribution >= 4 is 21.8 Å². The van der Waals surface area contributed by atoms with Crippen molar-refractivity contribution in [1.82, 2.24) is 15.1 Å². The van der Waals surface area contributed by atoms with Crippen molar-refractivity contribution in [3.05, 3.63) is 34.3 Å². The molecule has 1 unspecified atom stereocenters. The Balaban J connectivity index is 1.66. The van der Waals surface area contributed by atoms with Crippen LogP contribution in [0.15, 0.2) is 28.7 Å². The van der Waals surface area contributed by atoms with E-state index >= 15 is 0 Å². The third kappa shape index (κ3) is 3.62. The molecule has 0 bridgehead atoms. The van der Waals surface area contributed by atoms with Gasteiger partial charge in [-0.3, -0.25) is 9.69 Å². The van der Waals surface area contributed by atoms with Gasteiger partial charge < -0.3 is 10.2 Å². The predicted octanol–water partition coefficient (Wildman–Crippen LogP) is 2.23. The number of nitrogens with zero attached hydrogens (tertiary/aromatic N) is 2. The molecule has 1 amide bonds. The van der Waals surface area contributed by atoms with E-state index < -0.39 is 5.41 Å². The van der Waals surface area contributed by atoms with Gasteiger partial charge in [0.25, 0.3) is 0 Å². The van der Waals surface area contributed by atoms with Crippen molar-refractivity contribution in [2.45, 2.75) is 31.7 Å². The summed E-state index contributed by atoms with van der Waals surface area (Å²) in [4.78, 5) is 17.7. The molecule has 0 spiro atoms. The first-order chi connectivity index (χ1) is 11.0. The lowest BCUT2D eigenvalue weighted by atomic mass is 9.83. The highest BCUT2D eigenvalue weighted by Crippen LogP contribution is 2.29. The summed E-state index contributed by atoms with van der Waals surface area (Å²) in [6, 6.07) is 8.65. The number of halogens is 1. The van der Waals surface area contributed by atoms with Gasteiger partial charge in [-0.05, 0) is 38.0 Å². The minimum Gasteiger partial charge on any atom is -0.340 e. The zero-order valence-electron chi connectivity index (χ0n) is 14.0. The zero-order valence-corrected chi connectivity index (χ0v) is 15.6. The normalized spacial score (nSPS) is 23.3. The minimum atomic E-state index is -0.473. The second kappa shape index (κ2) is 6.91. The Morgan fingerprint density at radius 2 is 1.83 bits per heavy atom. The lowest BCUT2D eigenvalue weighted by Gasteiger charge is -2.34. The number of carbonyl (C=O) groups is 1. The van der Waals surface area contributed by atoms with Crippen molar-refractivity contribution in [3.8, 4) is 0 Å². The fraction of sp³-hybridized carbons (Fsp3) is 0.611. The molecule has 1 atom stereocenters. The molecule has 5 heteroatoms. The van der Waals surface area contributed by atoms with E-state index in [0.717, 1.165) is 55.7 Å². The average molecular weight is 380 g/mol. The van der Waals surface area contributed by atoms with Crippen LogP contribution in [0.1, 0.15) is 25.8 Å². The van der Waals surface area contributed by atoms with Gasteiger partial charge in [0.2, 0.25) is 5.91 Å². The quantitative estimate of drug-likeness (QED) is 0.874. The van der Waals surface area contributed by atoms with Crippen molar-refractivity contribution in [1.29, 1.82) is 0 Å². The Morgan fingerprint density at radius 1 is 1.17 bits per heavy atom. The van der Waals surface area contributed by atoms with Crippen LogP contribution >= 0.6 is 15.9 Å². The third-order valence-electron chi connectivity index (χ3n) is 5.22. The Kier molecular flexibility index (Phi) is 5.09. The highest BCUT2D eigenvalue weighted by Gasteiger charge is 2.38. The zero-order chi connectivity index (χ0) is 16.4. The summed E-state index contributed by atoms with van der Waals surface area (Å²) in [6.07, 6.45) is 1.10. The van der Waals surface area contributed by atoms with Crippen molar-refractivity contribution in [2.24, 2.45) is 0 Å². The van der Waals surface area contributed by atoms with Gasteiger partial charge in [0.15, 0.2) is 0 Å². The SMILES string of the molecule is CC(C)(C(=O)N1CCC(N2CCNCC2)C1)c1ccc(Br)cc1. The van der Waals surface area contributed by atoms with Gasteiger partial charge in [-0.25, -0.2) is 0 Å². The molecule has 1 aromatic carbocycles. The second-order valence-corrected chi connectivity index (χ2v) is 8.03. The molecule has 126 valence electrons. The van der Waals surface area contributed by atoms with Crippen LogP contribution in [0.25, 0.3) is 0 Å². The third-order valence-corrected chi connectivity index (χ3v) is 5.75. The van der Waals surface area contributed by atoms with E-state index in [9.17, 15) is 4.79 Å². The Morgan fingerprint density at radius 3 is 2.48 bits per heavy atom. The molecule has 0 aliphatic carbocycles. The Bertz CT molecular complexity index is 552. The maximum atomic E-state index is 13.1. The summed E-state index contributed by atoms with van der Waals surface area (Å²) in [5.74, 6) is 0.248. The molecule has 4 nitrogen and oxygen atoms in total. The molecule has 0 radical (unpaired) electrons. The molecular formula is C18H26BrN3O. The van der Waals surface area contributed by atoms with Gasteiger partial charge in [0.1, 0.15) is 0 Å². The largest absolute Gasteiger partial charge is 0.340 e.